The first-order valence-corrected chi connectivity index (χ1v) is 11.4. The molecule has 1 fully saturated rings. The molecule has 156 valence electrons. The van der Waals surface area contributed by atoms with E-state index in [1.54, 1.807) is 7.11 Å². The minimum atomic E-state index is 0.173. The normalized spacial score (nSPS) is 14.0. The number of halogens is 1. The van der Waals surface area contributed by atoms with E-state index in [1.165, 1.54) is 18.2 Å². The second kappa shape index (κ2) is 9.58. The van der Waals surface area contributed by atoms with Crippen molar-refractivity contribution in [2.75, 3.05) is 26.0 Å². The quantitative estimate of drug-likeness (QED) is 0.486. The fourth-order valence-electron chi connectivity index (χ4n) is 3.63. The van der Waals surface area contributed by atoms with Crippen molar-refractivity contribution in [3.8, 4) is 22.7 Å². The highest BCUT2D eigenvalue weighted by Crippen LogP contribution is 2.32. The van der Waals surface area contributed by atoms with Crippen LogP contribution in [0, 0.1) is 0 Å². The zero-order chi connectivity index (χ0) is 20.9. The van der Waals surface area contributed by atoms with Crippen LogP contribution in [-0.2, 0) is 4.79 Å². The summed E-state index contributed by atoms with van der Waals surface area (Å²) in [5.41, 5.74) is 2.86. The number of benzene rings is 2. The number of nitrogens with zero attached hydrogens (tertiary/aromatic N) is 3. The first-order valence-electron chi connectivity index (χ1n) is 10.0. The molecular weight excluding hydrogens is 418 g/mol. The molecular formula is C23H24ClN3O2S. The van der Waals surface area contributed by atoms with Gasteiger partial charge in [-0.25, -0.2) is 4.98 Å². The SMILES string of the molecule is COc1ccc(-c2cnc(SCC(=O)N3CCCCC3)n2-c2cccc(Cl)c2)cc1. The third-order valence-corrected chi connectivity index (χ3v) is 6.39. The number of hydrogen-bond donors (Lipinski definition) is 0. The number of likely N-dealkylation sites (tertiary alicyclic amines) is 1. The molecule has 5 nitrogen and oxygen atoms in total. The van der Waals surface area contributed by atoms with Crippen LogP contribution in [0.1, 0.15) is 19.3 Å². The van der Waals surface area contributed by atoms with E-state index >= 15 is 0 Å². The second-order valence-electron chi connectivity index (χ2n) is 7.20. The van der Waals surface area contributed by atoms with Crippen molar-refractivity contribution < 1.29 is 9.53 Å². The molecule has 0 atom stereocenters. The van der Waals surface area contributed by atoms with Crippen LogP contribution in [-0.4, -0.2) is 46.3 Å². The number of imidazole rings is 1. The summed E-state index contributed by atoms with van der Waals surface area (Å²) < 4.78 is 7.33. The molecule has 1 amide bonds. The molecule has 0 spiro atoms. The van der Waals surface area contributed by atoms with E-state index in [0.717, 1.165) is 53.8 Å². The monoisotopic (exact) mass is 441 g/mol. The molecule has 2 aromatic carbocycles. The van der Waals surface area contributed by atoms with Gasteiger partial charge in [-0.3, -0.25) is 9.36 Å². The van der Waals surface area contributed by atoms with Gasteiger partial charge in [-0.15, -0.1) is 0 Å². The Morgan fingerprint density at radius 2 is 1.90 bits per heavy atom. The topological polar surface area (TPSA) is 47.4 Å². The Balaban J connectivity index is 1.64. The minimum Gasteiger partial charge on any atom is -0.497 e. The standard InChI is InChI=1S/C23H24ClN3O2S/c1-29-20-10-8-17(9-11-20)21-15-25-23(27(21)19-7-5-6-18(24)14-19)30-16-22(28)26-12-3-2-4-13-26/h5-11,14-15H,2-4,12-13,16H2,1H3. The molecule has 3 aromatic rings. The fraction of sp³-hybridized carbons (Fsp3) is 0.304. The van der Waals surface area contributed by atoms with Gasteiger partial charge in [0.1, 0.15) is 5.75 Å². The first-order chi connectivity index (χ1) is 14.7. The lowest BCUT2D eigenvalue weighted by Crippen LogP contribution is -2.36. The molecule has 1 aliphatic rings. The van der Waals surface area contributed by atoms with Crippen molar-refractivity contribution in [3.05, 3.63) is 59.8 Å². The maximum absolute atomic E-state index is 12.7. The third kappa shape index (κ3) is 4.65. The van der Waals surface area contributed by atoms with E-state index in [0.29, 0.717) is 10.8 Å². The number of methoxy groups -OCH3 is 1. The Bertz CT molecular complexity index is 1010. The second-order valence-corrected chi connectivity index (χ2v) is 8.58. The van der Waals surface area contributed by atoms with Crippen LogP contribution < -0.4 is 4.74 Å². The Hall–Kier alpha value is -2.44. The van der Waals surface area contributed by atoms with Gasteiger partial charge >= 0.3 is 0 Å². The lowest BCUT2D eigenvalue weighted by molar-refractivity contribution is -0.129. The molecule has 0 bridgehead atoms. The Labute approximate surface area is 186 Å². The summed E-state index contributed by atoms with van der Waals surface area (Å²) in [5, 5.41) is 1.43. The lowest BCUT2D eigenvalue weighted by atomic mass is 10.1. The highest BCUT2D eigenvalue weighted by Gasteiger charge is 2.20. The largest absolute Gasteiger partial charge is 0.497 e. The van der Waals surface area contributed by atoms with Crippen LogP contribution in [0.2, 0.25) is 5.02 Å². The molecule has 0 aliphatic carbocycles. The molecule has 0 N–H and O–H groups in total. The fourth-order valence-corrected chi connectivity index (χ4v) is 4.71. The predicted octanol–water partition coefficient (Wildman–Crippen LogP) is 5.31. The van der Waals surface area contributed by atoms with E-state index in [9.17, 15) is 4.79 Å². The number of rotatable bonds is 6. The van der Waals surface area contributed by atoms with Crippen molar-refractivity contribution in [1.82, 2.24) is 14.5 Å². The molecule has 0 radical (unpaired) electrons. The van der Waals surface area contributed by atoms with Crippen LogP contribution in [0.25, 0.3) is 16.9 Å². The van der Waals surface area contributed by atoms with Crippen molar-refractivity contribution in [2.24, 2.45) is 0 Å². The number of hydrogen-bond acceptors (Lipinski definition) is 4. The predicted molar refractivity (Wildman–Crippen MR) is 122 cm³/mol. The van der Waals surface area contributed by atoms with Gasteiger partial charge in [-0.1, -0.05) is 29.4 Å². The molecule has 1 aromatic heterocycles. The lowest BCUT2D eigenvalue weighted by Gasteiger charge is -2.26. The van der Waals surface area contributed by atoms with E-state index in [4.69, 9.17) is 16.3 Å². The maximum Gasteiger partial charge on any atom is 0.233 e. The van der Waals surface area contributed by atoms with Gasteiger partial charge in [0.2, 0.25) is 5.91 Å². The number of piperidine rings is 1. The third-order valence-electron chi connectivity index (χ3n) is 5.22. The van der Waals surface area contributed by atoms with Gasteiger partial charge in [-0.05, 0) is 61.7 Å². The maximum atomic E-state index is 12.7. The number of amides is 1. The molecule has 2 heterocycles. The molecule has 4 rings (SSSR count). The van der Waals surface area contributed by atoms with Gasteiger partial charge in [0.15, 0.2) is 5.16 Å². The molecule has 1 saturated heterocycles. The zero-order valence-corrected chi connectivity index (χ0v) is 18.5. The van der Waals surface area contributed by atoms with Crippen LogP contribution >= 0.6 is 23.4 Å². The van der Waals surface area contributed by atoms with E-state index in [1.807, 2.05) is 59.6 Å². The zero-order valence-electron chi connectivity index (χ0n) is 16.9. The Morgan fingerprint density at radius 1 is 1.13 bits per heavy atom. The highest BCUT2D eigenvalue weighted by molar-refractivity contribution is 7.99. The van der Waals surface area contributed by atoms with Crippen molar-refractivity contribution >= 4 is 29.3 Å². The van der Waals surface area contributed by atoms with Gasteiger partial charge in [0, 0.05) is 29.4 Å². The van der Waals surface area contributed by atoms with Crippen LogP contribution in [0.15, 0.2) is 59.9 Å². The summed E-state index contributed by atoms with van der Waals surface area (Å²) in [4.78, 5) is 19.3. The van der Waals surface area contributed by atoms with Crippen molar-refractivity contribution in [2.45, 2.75) is 24.4 Å². The number of thioether (sulfide) groups is 1. The van der Waals surface area contributed by atoms with Crippen LogP contribution in [0.4, 0.5) is 0 Å². The average Bonchev–Trinajstić information content (AvgIpc) is 3.22. The number of ether oxygens (including phenoxy) is 1. The number of carbonyl (C=O) groups is 1. The summed E-state index contributed by atoms with van der Waals surface area (Å²) in [5.74, 6) is 1.35. The summed E-state index contributed by atoms with van der Waals surface area (Å²) in [6.45, 7) is 1.72. The summed E-state index contributed by atoms with van der Waals surface area (Å²) >= 11 is 7.73. The molecule has 1 aliphatic heterocycles. The average molecular weight is 442 g/mol. The van der Waals surface area contributed by atoms with Gasteiger partial charge in [0.05, 0.1) is 24.8 Å². The minimum absolute atomic E-state index is 0.173. The van der Waals surface area contributed by atoms with Crippen molar-refractivity contribution in [3.63, 3.8) is 0 Å². The molecule has 0 saturated carbocycles. The Morgan fingerprint density at radius 3 is 2.60 bits per heavy atom. The summed E-state index contributed by atoms with van der Waals surface area (Å²) in [7, 11) is 1.65. The number of carbonyl (C=O) groups excluding carboxylic acids is 1. The van der Waals surface area contributed by atoms with Gasteiger partial charge in [-0.2, -0.15) is 0 Å². The van der Waals surface area contributed by atoms with E-state index in [2.05, 4.69) is 9.55 Å². The number of aromatic nitrogens is 2. The summed E-state index contributed by atoms with van der Waals surface area (Å²) in [6, 6.07) is 15.5. The summed E-state index contributed by atoms with van der Waals surface area (Å²) in [6.07, 6.45) is 5.24. The van der Waals surface area contributed by atoms with Crippen molar-refractivity contribution in [1.29, 1.82) is 0 Å². The van der Waals surface area contributed by atoms with Gasteiger partial charge < -0.3 is 9.64 Å². The smallest absolute Gasteiger partial charge is 0.233 e. The highest BCUT2D eigenvalue weighted by atomic mass is 35.5. The van der Waals surface area contributed by atoms with Gasteiger partial charge in [0.25, 0.3) is 0 Å². The Kier molecular flexibility index (Phi) is 6.65. The molecule has 7 heteroatoms. The van der Waals surface area contributed by atoms with E-state index < -0.39 is 0 Å². The molecule has 0 unspecified atom stereocenters. The first kappa shape index (κ1) is 20.8. The van der Waals surface area contributed by atoms with Crippen LogP contribution in [0.5, 0.6) is 5.75 Å². The van der Waals surface area contributed by atoms with Crippen LogP contribution in [0.3, 0.4) is 0 Å². The van der Waals surface area contributed by atoms with E-state index in [-0.39, 0.29) is 5.91 Å². The molecule has 30 heavy (non-hydrogen) atoms.